The monoisotopic (exact) mass is 353 g/mol. The first kappa shape index (κ1) is 14.7. The summed E-state index contributed by atoms with van der Waals surface area (Å²) in [6.07, 6.45) is 5.26. The van der Waals surface area contributed by atoms with Crippen molar-refractivity contribution in [1.29, 1.82) is 0 Å². The molecule has 1 heterocycles. The van der Waals surface area contributed by atoms with Crippen LogP contribution in [0.2, 0.25) is 0 Å². The number of hydrogen-bond acceptors (Lipinski definition) is 4. The molecule has 0 radical (unpaired) electrons. The molecule has 2 atom stereocenters. The quantitative estimate of drug-likeness (QED) is 0.913. The van der Waals surface area contributed by atoms with E-state index in [0.29, 0.717) is 34.1 Å². The van der Waals surface area contributed by atoms with Gasteiger partial charge in [-0.05, 0) is 37.0 Å². The lowest BCUT2D eigenvalue weighted by atomic mass is 9.83. The topological polar surface area (TPSA) is 64.9 Å². The van der Waals surface area contributed by atoms with Gasteiger partial charge in [-0.15, -0.1) is 0 Å². The minimum atomic E-state index is -0.333. The van der Waals surface area contributed by atoms with Gasteiger partial charge < -0.3 is 10.3 Å². The Morgan fingerprint density at radius 1 is 1.29 bits per heavy atom. The zero-order chi connectivity index (χ0) is 14.8. The first-order valence-corrected chi connectivity index (χ1v) is 7.96. The second kappa shape index (κ2) is 6.23. The summed E-state index contributed by atoms with van der Waals surface area (Å²) in [6.45, 7) is 0. The highest BCUT2D eigenvalue weighted by Gasteiger charge is 2.24. The predicted octanol–water partition coefficient (Wildman–Crippen LogP) is 3.70. The second-order valence-electron chi connectivity index (χ2n) is 5.58. The normalized spacial score (nSPS) is 22.4. The van der Waals surface area contributed by atoms with Crippen LogP contribution in [0.25, 0.3) is 11.4 Å². The average molecular weight is 354 g/mol. The molecule has 3 rings (SSSR count). The molecule has 0 aliphatic heterocycles. The van der Waals surface area contributed by atoms with Gasteiger partial charge in [-0.2, -0.15) is 4.98 Å². The number of benzene rings is 1. The van der Waals surface area contributed by atoms with Crippen LogP contribution in [0.3, 0.4) is 0 Å². The summed E-state index contributed by atoms with van der Waals surface area (Å²) in [4.78, 5) is 4.37. The molecule has 1 saturated carbocycles. The Bertz CT molecular complexity index is 611. The predicted molar refractivity (Wildman–Crippen MR) is 81.0 cm³/mol. The lowest BCUT2D eigenvalue weighted by Crippen LogP contribution is -2.34. The van der Waals surface area contributed by atoms with Gasteiger partial charge in [-0.25, -0.2) is 4.39 Å². The Morgan fingerprint density at radius 2 is 2.10 bits per heavy atom. The summed E-state index contributed by atoms with van der Waals surface area (Å²) in [5, 5.41) is 3.94. The van der Waals surface area contributed by atoms with Gasteiger partial charge in [0.05, 0.1) is 0 Å². The number of halogens is 2. The molecule has 0 saturated heterocycles. The van der Waals surface area contributed by atoms with Crippen LogP contribution in [0.1, 0.15) is 31.6 Å². The number of hydrogen-bond donors (Lipinski definition) is 1. The van der Waals surface area contributed by atoms with Crippen LogP contribution in [-0.2, 0) is 6.42 Å². The van der Waals surface area contributed by atoms with Crippen molar-refractivity contribution >= 4 is 15.9 Å². The zero-order valence-electron chi connectivity index (χ0n) is 11.6. The van der Waals surface area contributed by atoms with Gasteiger partial charge in [-0.3, -0.25) is 0 Å². The maximum atomic E-state index is 13.4. The minimum absolute atomic E-state index is 0.206. The van der Waals surface area contributed by atoms with E-state index in [9.17, 15) is 4.39 Å². The Morgan fingerprint density at radius 3 is 2.86 bits per heavy atom. The molecule has 0 spiro atoms. The summed E-state index contributed by atoms with van der Waals surface area (Å²) >= 11 is 3.26. The average Bonchev–Trinajstić information content (AvgIpc) is 2.89. The number of nitrogens with two attached hydrogens (primary N) is 1. The molecule has 2 N–H and O–H groups in total. The SMILES string of the molecule is NC1CCCCC1Cc1nc(-c2cc(F)cc(Br)c2)no1. The first-order chi connectivity index (χ1) is 10.1. The van der Waals surface area contributed by atoms with Crippen molar-refractivity contribution in [3.05, 3.63) is 34.4 Å². The third-order valence-corrected chi connectivity index (χ3v) is 4.45. The van der Waals surface area contributed by atoms with Gasteiger partial charge >= 0.3 is 0 Å². The molecule has 1 fully saturated rings. The van der Waals surface area contributed by atoms with Gasteiger partial charge in [0.1, 0.15) is 5.82 Å². The Balaban J connectivity index is 1.76. The molecule has 2 aromatic rings. The molecule has 6 heteroatoms. The largest absolute Gasteiger partial charge is 0.339 e. The van der Waals surface area contributed by atoms with Crippen LogP contribution in [0.15, 0.2) is 27.2 Å². The standard InChI is InChI=1S/C15H17BrFN3O/c16-11-5-10(6-12(17)8-11)15-19-14(21-20-15)7-9-3-1-2-4-13(9)18/h5-6,8-9,13H,1-4,7,18H2. The smallest absolute Gasteiger partial charge is 0.227 e. The van der Waals surface area contributed by atoms with E-state index in [4.69, 9.17) is 10.3 Å². The summed E-state index contributed by atoms with van der Waals surface area (Å²) in [6, 6.07) is 4.76. The zero-order valence-corrected chi connectivity index (χ0v) is 13.1. The van der Waals surface area contributed by atoms with Crippen LogP contribution in [0.4, 0.5) is 4.39 Å². The molecule has 1 aliphatic carbocycles. The van der Waals surface area contributed by atoms with E-state index in [1.807, 2.05) is 0 Å². The fraction of sp³-hybridized carbons (Fsp3) is 0.467. The maximum absolute atomic E-state index is 13.4. The van der Waals surface area contributed by atoms with E-state index < -0.39 is 0 Å². The second-order valence-corrected chi connectivity index (χ2v) is 6.50. The van der Waals surface area contributed by atoms with Crippen molar-refractivity contribution in [2.45, 2.75) is 38.1 Å². The molecule has 21 heavy (non-hydrogen) atoms. The van der Waals surface area contributed by atoms with E-state index in [1.165, 1.54) is 25.0 Å². The van der Waals surface area contributed by atoms with Crippen molar-refractivity contribution in [3.8, 4) is 11.4 Å². The minimum Gasteiger partial charge on any atom is -0.339 e. The van der Waals surface area contributed by atoms with Crippen molar-refractivity contribution in [1.82, 2.24) is 10.1 Å². The van der Waals surface area contributed by atoms with Gasteiger partial charge in [0.25, 0.3) is 0 Å². The van der Waals surface area contributed by atoms with Crippen molar-refractivity contribution in [2.75, 3.05) is 0 Å². The summed E-state index contributed by atoms with van der Waals surface area (Å²) in [5.41, 5.74) is 6.74. The summed E-state index contributed by atoms with van der Waals surface area (Å²) < 4.78 is 19.4. The highest BCUT2D eigenvalue weighted by atomic mass is 79.9. The van der Waals surface area contributed by atoms with E-state index >= 15 is 0 Å². The molecule has 0 amide bonds. The number of nitrogens with zero attached hydrogens (tertiary/aromatic N) is 2. The summed E-state index contributed by atoms with van der Waals surface area (Å²) in [5.74, 6) is 1.05. The molecule has 1 aliphatic rings. The molecule has 112 valence electrons. The van der Waals surface area contributed by atoms with Crippen LogP contribution < -0.4 is 5.73 Å². The van der Waals surface area contributed by atoms with E-state index in [0.717, 1.165) is 12.8 Å². The third-order valence-electron chi connectivity index (χ3n) is 3.99. The number of aromatic nitrogens is 2. The van der Waals surface area contributed by atoms with Gasteiger partial charge in [-0.1, -0.05) is 33.9 Å². The molecular formula is C15H17BrFN3O. The lowest BCUT2D eigenvalue weighted by Gasteiger charge is -2.27. The Labute approximate surface area is 131 Å². The molecule has 4 nitrogen and oxygen atoms in total. The number of rotatable bonds is 3. The first-order valence-electron chi connectivity index (χ1n) is 7.16. The summed E-state index contributed by atoms with van der Waals surface area (Å²) in [7, 11) is 0. The van der Waals surface area contributed by atoms with Crippen LogP contribution in [0, 0.1) is 11.7 Å². The van der Waals surface area contributed by atoms with Gasteiger partial charge in [0, 0.05) is 22.5 Å². The highest BCUT2D eigenvalue weighted by molar-refractivity contribution is 9.10. The third kappa shape index (κ3) is 3.49. The van der Waals surface area contributed by atoms with Crippen molar-refractivity contribution in [3.63, 3.8) is 0 Å². The van der Waals surface area contributed by atoms with E-state index in [1.54, 1.807) is 6.07 Å². The molecule has 0 bridgehead atoms. The van der Waals surface area contributed by atoms with Crippen molar-refractivity contribution in [2.24, 2.45) is 11.7 Å². The Kier molecular flexibility index (Phi) is 4.35. The van der Waals surface area contributed by atoms with Crippen LogP contribution >= 0.6 is 15.9 Å². The molecule has 1 aromatic carbocycles. The molecule has 1 aromatic heterocycles. The fourth-order valence-corrected chi connectivity index (χ4v) is 3.32. The van der Waals surface area contributed by atoms with E-state index in [2.05, 4.69) is 26.1 Å². The fourth-order valence-electron chi connectivity index (χ4n) is 2.85. The van der Waals surface area contributed by atoms with E-state index in [-0.39, 0.29) is 11.9 Å². The Hall–Kier alpha value is -1.27. The van der Waals surface area contributed by atoms with Crippen LogP contribution in [0.5, 0.6) is 0 Å². The molecule has 2 unspecified atom stereocenters. The maximum Gasteiger partial charge on any atom is 0.227 e. The van der Waals surface area contributed by atoms with Gasteiger partial charge in [0.15, 0.2) is 0 Å². The van der Waals surface area contributed by atoms with Gasteiger partial charge in [0.2, 0.25) is 11.7 Å². The van der Waals surface area contributed by atoms with Crippen LogP contribution in [-0.4, -0.2) is 16.2 Å². The van der Waals surface area contributed by atoms with Crippen molar-refractivity contribution < 1.29 is 8.91 Å². The molecular weight excluding hydrogens is 337 g/mol. The lowest BCUT2D eigenvalue weighted by molar-refractivity contribution is 0.273. The highest BCUT2D eigenvalue weighted by Crippen LogP contribution is 2.27.